The van der Waals surface area contributed by atoms with E-state index >= 15 is 0 Å². The number of Topliss-reactive ketones (excluding diaryl/α,β-unsaturated/α-hetero) is 1. The number of aromatic nitrogens is 1. The molecular weight excluding hydrogens is 402 g/mol. The van der Waals surface area contributed by atoms with Gasteiger partial charge in [-0.25, -0.2) is 9.59 Å². The molecule has 3 rings (SSSR count). The Bertz CT molecular complexity index is 1090. The minimum absolute atomic E-state index is 0.0878. The van der Waals surface area contributed by atoms with E-state index in [0.717, 1.165) is 4.47 Å². The largest absolute Gasteiger partial charge is 0.456 e. The summed E-state index contributed by atoms with van der Waals surface area (Å²) in [5.74, 6) is -0.704. The van der Waals surface area contributed by atoms with Crippen molar-refractivity contribution in [2.45, 2.75) is 27.4 Å². The second kappa shape index (κ2) is 6.92. The molecule has 0 aliphatic heterocycles. The van der Waals surface area contributed by atoms with Gasteiger partial charge in [-0.1, -0.05) is 15.9 Å². The zero-order valence-electron chi connectivity index (χ0n) is 14.4. The van der Waals surface area contributed by atoms with E-state index in [4.69, 9.17) is 9.15 Å². The van der Waals surface area contributed by atoms with Crippen LogP contribution in [-0.2, 0) is 11.3 Å². The van der Waals surface area contributed by atoms with Crippen molar-refractivity contribution in [2.75, 3.05) is 0 Å². The normalized spacial score (nSPS) is 10.9. The van der Waals surface area contributed by atoms with Gasteiger partial charge >= 0.3 is 11.6 Å². The van der Waals surface area contributed by atoms with Crippen LogP contribution in [-0.4, -0.2) is 16.7 Å². The fourth-order valence-corrected chi connectivity index (χ4v) is 3.36. The molecule has 0 unspecified atom stereocenters. The summed E-state index contributed by atoms with van der Waals surface area (Å²) >= 11 is 3.32. The quantitative estimate of drug-likeness (QED) is 0.392. The zero-order valence-corrected chi connectivity index (χ0v) is 16.0. The third kappa shape index (κ3) is 3.35. The van der Waals surface area contributed by atoms with Gasteiger partial charge in [0, 0.05) is 32.7 Å². The van der Waals surface area contributed by atoms with Crippen LogP contribution in [0.5, 0.6) is 0 Å². The van der Waals surface area contributed by atoms with Crippen LogP contribution in [0.25, 0.3) is 11.0 Å². The smallest absolute Gasteiger partial charge is 0.355 e. The lowest BCUT2D eigenvalue weighted by Crippen LogP contribution is -2.09. The highest BCUT2D eigenvalue weighted by molar-refractivity contribution is 9.10. The summed E-state index contributed by atoms with van der Waals surface area (Å²) in [5, 5.41) is 0.685. The van der Waals surface area contributed by atoms with E-state index in [9.17, 15) is 14.4 Å². The van der Waals surface area contributed by atoms with Crippen molar-refractivity contribution < 1.29 is 18.7 Å². The molecule has 7 heteroatoms. The summed E-state index contributed by atoms with van der Waals surface area (Å²) in [7, 11) is 0. The number of H-pyrrole nitrogens is 1. The number of esters is 1. The predicted octanol–water partition coefficient (Wildman–Crippen LogP) is 4.06. The summed E-state index contributed by atoms with van der Waals surface area (Å²) in [6.07, 6.45) is 0. The molecule has 0 spiro atoms. The van der Waals surface area contributed by atoms with Crippen molar-refractivity contribution in [1.82, 2.24) is 4.98 Å². The molecule has 1 N–H and O–H groups in total. The van der Waals surface area contributed by atoms with Crippen molar-refractivity contribution in [3.8, 4) is 0 Å². The molecule has 2 aromatic heterocycles. The lowest BCUT2D eigenvalue weighted by molar-refractivity contribution is 0.0466. The first kappa shape index (κ1) is 18.1. The number of ether oxygens (including phenoxy) is 1. The second-order valence-electron chi connectivity index (χ2n) is 5.99. The van der Waals surface area contributed by atoms with Gasteiger partial charge in [0.2, 0.25) is 0 Å². The van der Waals surface area contributed by atoms with E-state index in [1.54, 1.807) is 26.0 Å². The van der Waals surface area contributed by atoms with Crippen LogP contribution in [0.1, 0.15) is 44.6 Å². The fourth-order valence-electron chi connectivity index (χ4n) is 3.02. The van der Waals surface area contributed by atoms with Crippen LogP contribution in [0, 0.1) is 13.8 Å². The first-order valence-electron chi connectivity index (χ1n) is 7.87. The SMILES string of the molecule is CC(=O)c1c(C)[nH]c(C(=O)OCc2cc(=O)oc3cc(Br)ccc23)c1C. The van der Waals surface area contributed by atoms with Gasteiger partial charge in [-0.2, -0.15) is 0 Å². The van der Waals surface area contributed by atoms with Gasteiger partial charge in [-0.3, -0.25) is 4.79 Å². The number of aromatic amines is 1. The number of hydrogen-bond donors (Lipinski definition) is 1. The topological polar surface area (TPSA) is 89.4 Å². The van der Waals surface area contributed by atoms with Crippen LogP contribution in [0.2, 0.25) is 0 Å². The summed E-state index contributed by atoms with van der Waals surface area (Å²) in [5.41, 5.74) is 2.34. The molecular formula is C19H16BrNO5. The standard InChI is InChI=1S/C19H16BrNO5/c1-9-17(11(3)22)10(2)21-18(9)19(24)25-8-12-6-16(23)26-15-7-13(20)4-5-14(12)15/h4-7,21H,8H2,1-3H3. The number of halogens is 1. The number of rotatable bonds is 4. The molecule has 3 aromatic rings. The molecule has 0 saturated carbocycles. The summed E-state index contributed by atoms with van der Waals surface area (Å²) in [6, 6.07) is 6.58. The van der Waals surface area contributed by atoms with Gasteiger partial charge in [-0.15, -0.1) is 0 Å². The molecule has 0 atom stereocenters. The van der Waals surface area contributed by atoms with Crippen LogP contribution >= 0.6 is 15.9 Å². The Morgan fingerprint density at radius 2 is 1.96 bits per heavy atom. The van der Waals surface area contributed by atoms with Gasteiger partial charge in [0.1, 0.15) is 17.9 Å². The highest BCUT2D eigenvalue weighted by Crippen LogP contribution is 2.23. The highest BCUT2D eigenvalue weighted by Gasteiger charge is 2.21. The summed E-state index contributed by atoms with van der Waals surface area (Å²) < 4.78 is 11.3. The number of hydrogen-bond acceptors (Lipinski definition) is 5. The van der Waals surface area contributed by atoms with Gasteiger partial charge < -0.3 is 14.1 Å². The first-order valence-corrected chi connectivity index (χ1v) is 8.66. The van der Waals surface area contributed by atoms with E-state index in [1.807, 2.05) is 6.07 Å². The Morgan fingerprint density at radius 1 is 1.23 bits per heavy atom. The highest BCUT2D eigenvalue weighted by atomic mass is 79.9. The van der Waals surface area contributed by atoms with Crippen LogP contribution < -0.4 is 5.63 Å². The molecule has 0 saturated heterocycles. The Morgan fingerprint density at radius 3 is 2.62 bits per heavy atom. The van der Waals surface area contributed by atoms with Gasteiger partial charge in [-0.05, 0) is 44.5 Å². The van der Waals surface area contributed by atoms with Gasteiger partial charge in [0.25, 0.3) is 0 Å². The molecule has 0 bridgehead atoms. The van der Waals surface area contributed by atoms with E-state index < -0.39 is 11.6 Å². The molecule has 0 amide bonds. The number of carbonyl (C=O) groups excluding carboxylic acids is 2. The Kier molecular flexibility index (Phi) is 4.82. The molecule has 6 nitrogen and oxygen atoms in total. The van der Waals surface area contributed by atoms with E-state index in [0.29, 0.717) is 33.4 Å². The lowest BCUT2D eigenvalue weighted by Gasteiger charge is -2.07. The van der Waals surface area contributed by atoms with Crippen molar-refractivity contribution in [2.24, 2.45) is 0 Å². The molecule has 134 valence electrons. The number of benzene rings is 1. The van der Waals surface area contributed by atoms with Crippen LogP contribution in [0.4, 0.5) is 0 Å². The molecule has 0 radical (unpaired) electrons. The molecule has 2 heterocycles. The second-order valence-corrected chi connectivity index (χ2v) is 6.90. The number of nitrogens with one attached hydrogen (secondary N) is 1. The minimum Gasteiger partial charge on any atom is -0.456 e. The molecule has 1 aromatic carbocycles. The number of carbonyl (C=O) groups is 2. The van der Waals surface area contributed by atoms with E-state index in [1.165, 1.54) is 13.0 Å². The predicted molar refractivity (Wildman–Crippen MR) is 99.6 cm³/mol. The Hall–Kier alpha value is -2.67. The van der Waals surface area contributed by atoms with Crippen LogP contribution in [0.3, 0.4) is 0 Å². The average Bonchev–Trinajstić information content (AvgIpc) is 2.86. The minimum atomic E-state index is -0.586. The maximum Gasteiger partial charge on any atom is 0.355 e. The van der Waals surface area contributed by atoms with Crippen LogP contribution in [0.15, 0.2) is 37.9 Å². The van der Waals surface area contributed by atoms with Gasteiger partial charge in [0.15, 0.2) is 5.78 Å². The van der Waals surface area contributed by atoms with Crippen molar-refractivity contribution >= 4 is 38.7 Å². The lowest BCUT2D eigenvalue weighted by atomic mass is 10.1. The Labute approximate surface area is 157 Å². The summed E-state index contributed by atoms with van der Waals surface area (Å²) in [4.78, 5) is 38.8. The monoisotopic (exact) mass is 417 g/mol. The fraction of sp³-hybridized carbons (Fsp3) is 0.211. The molecule has 26 heavy (non-hydrogen) atoms. The third-order valence-electron chi connectivity index (χ3n) is 4.14. The van der Waals surface area contributed by atoms with Crippen molar-refractivity contribution in [3.63, 3.8) is 0 Å². The van der Waals surface area contributed by atoms with Gasteiger partial charge in [0.05, 0.1) is 0 Å². The number of ketones is 1. The third-order valence-corrected chi connectivity index (χ3v) is 4.64. The van der Waals surface area contributed by atoms with E-state index in [-0.39, 0.29) is 18.1 Å². The average molecular weight is 418 g/mol. The maximum atomic E-state index is 12.4. The number of aryl methyl sites for hydroxylation is 1. The van der Waals surface area contributed by atoms with Crippen molar-refractivity contribution in [3.05, 3.63) is 67.2 Å². The number of fused-ring (bicyclic) bond motifs is 1. The van der Waals surface area contributed by atoms with Crippen molar-refractivity contribution in [1.29, 1.82) is 0 Å². The molecule has 0 aliphatic carbocycles. The Balaban J connectivity index is 1.89. The molecule has 0 fully saturated rings. The molecule has 0 aliphatic rings. The maximum absolute atomic E-state index is 12.4. The summed E-state index contributed by atoms with van der Waals surface area (Å²) in [6.45, 7) is 4.79. The first-order chi connectivity index (χ1) is 12.3. The zero-order chi connectivity index (χ0) is 19.0. The van der Waals surface area contributed by atoms with E-state index in [2.05, 4.69) is 20.9 Å².